The molecule has 0 atom stereocenters. The molecule has 2 heterocycles. The van der Waals surface area contributed by atoms with Gasteiger partial charge >= 0.3 is 0 Å². The molecule has 1 aromatic carbocycles. The molecular weight excluding hydrogens is 310 g/mol. The van der Waals surface area contributed by atoms with Crippen LogP contribution in [0.3, 0.4) is 0 Å². The molecule has 0 bridgehead atoms. The Morgan fingerprint density at radius 3 is 2.83 bits per heavy atom. The summed E-state index contributed by atoms with van der Waals surface area (Å²) < 4.78 is 0. The number of anilines is 1. The average Bonchev–Trinajstić information content (AvgIpc) is 3.04. The summed E-state index contributed by atoms with van der Waals surface area (Å²) in [6, 6.07) is 7.38. The number of amides is 1. The summed E-state index contributed by atoms with van der Waals surface area (Å²) in [5.74, 6) is 0.135. The summed E-state index contributed by atoms with van der Waals surface area (Å²) in [5.41, 5.74) is 2.32. The van der Waals surface area contributed by atoms with E-state index in [2.05, 4.69) is 15.6 Å². The highest BCUT2D eigenvalue weighted by molar-refractivity contribution is 7.14. The van der Waals surface area contributed by atoms with Crippen molar-refractivity contribution in [2.75, 3.05) is 18.4 Å². The number of nitrogens with zero attached hydrogens (tertiary/aromatic N) is 1. The summed E-state index contributed by atoms with van der Waals surface area (Å²) >= 11 is 1.41. The van der Waals surface area contributed by atoms with Gasteiger partial charge in [-0.15, -0.1) is 11.3 Å². The number of nitrogens with one attached hydrogen (secondary N) is 2. The lowest BCUT2D eigenvalue weighted by atomic mass is 9.97. The number of Topliss-reactive ketones (excluding diaryl/α,β-unsaturated/α-hetero) is 1. The van der Waals surface area contributed by atoms with E-state index in [4.69, 9.17) is 0 Å². The van der Waals surface area contributed by atoms with Crippen LogP contribution in [0.1, 0.15) is 30.1 Å². The lowest BCUT2D eigenvalue weighted by Crippen LogP contribution is -2.34. The largest absolute Gasteiger partial charge is 0.317 e. The second-order valence-electron chi connectivity index (χ2n) is 5.69. The number of piperidine rings is 1. The molecule has 1 saturated heterocycles. The second-order valence-corrected chi connectivity index (χ2v) is 6.55. The van der Waals surface area contributed by atoms with E-state index in [1.54, 1.807) is 13.0 Å². The third kappa shape index (κ3) is 3.83. The Morgan fingerprint density at radius 2 is 2.09 bits per heavy atom. The Balaban J connectivity index is 1.71. The van der Waals surface area contributed by atoms with Crippen LogP contribution in [-0.4, -0.2) is 29.8 Å². The summed E-state index contributed by atoms with van der Waals surface area (Å²) in [6.45, 7) is 3.32. The topological polar surface area (TPSA) is 71.1 Å². The Kier molecular flexibility index (Phi) is 4.83. The fourth-order valence-electron chi connectivity index (χ4n) is 2.65. The molecule has 23 heavy (non-hydrogen) atoms. The van der Waals surface area contributed by atoms with Crippen LogP contribution in [-0.2, 0) is 4.79 Å². The van der Waals surface area contributed by atoms with Crippen LogP contribution in [0.5, 0.6) is 0 Å². The van der Waals surface area contributed by atoms with E-state index >= 15 is 0 Å². The Morgan fingerprint density at radius 1 is 1.30 bits per heavy atom. The van der Waals surface area contributed by atoms with Crippen LogP contribution < -0.4 is 10.6 Å². The van der Waals surface area contributed by atoms with Gasteiger partial charge in [0.2, 0.25) is 5.91 Å². The van der Waals surface area contributed by atoms with Gasteiger partial charge in [0.15, 0.2) is 10.9 Å². The molecule has 3 rings (SSSR count). The predicted octanol–water partition coefficient (Wildman–Crippen LogP) is 2.95. The number of carbonyl (C=O) groups is 2. The number of rotatable bonds is 4. The van der Waals surface area contributed by atoms with Gasteiger partial charge in [0, 0.05) is 22.4 Å². The van der Waals surface area contributed by atoms with Crippen molar-refractivity contribution in [3.8, 4) is 11.3 Å². The number of hydrogen-bond acceptors (Lipinski definition) is 5. The monoisotopic (exact) mass is 329 g/mol. The fourth-order valence-corrected chi connectivity index (χ4v) is 3.38. The molecule has 0 spiro atoms. The van der Waals surface area contributed by atoms with Crippen molar-refractivity contribution in [1.29, 1.82) is 0 Å². The van der Waals surface area contributed by atoms with Gasteiger partial charge < -0.3 is 10.6 Å². The highest BCUT2D eigenvalue weighted by Gasteiger charge is 2.21. The predicted molar refractivity (Wildman–Crippen MR) is 91.8 cm³/mol. The smallest absolute Gasteiger partial charge is 0.229 e. The third-order valence-electron chi connectivity index (χ3n) is 4.01. The van der Waals surface area contributed by atoms with Crippen molar-refractivity contribution in [2.24, 2.45) is 5.92 Å². The number of aromatic nitrogens is 1. The average molecular weight is 329 g/mol. The standard InChI is InChI=1S/C17H19N3O2S/c1-11(21)13-3-2-4-14(9-13)15-10-23-17(19-15)20-16(22)12-5-7-18-8-6-12/h2-4,9-10,12,18H,5-8H2,1H3,(H,19,20,22). The summed E-state index contributed by atoms with van der Waals surface area (Å²) in [6.07, 6.45) is 1.73. The molecule has 0 saturated carbocycles. The molecule has 0 radical (unpaired) electrons. The molecule has 0 aliphatic carbocycles. The van der Waals surface area contributed by atoms with Crippen LogP contribution >= 0.6 is 11.3 Å². The number of ketones is 1. The molecule has 2 N–H and O–H groups in total. The quantitative estimate of drug-likeness (QED) is 0.846. The Bertz CT molecular complexity index is 720. The van der Waals surface area contributed by atoms with E-state index in [0.717, 1.165) is 37.2 Å². The summed E-state index contributed by atoms with van der Waals surface area (Å²) in [4.78, 5) is 28.2. The SMILES string of the molecule is CC(=O)c1cccc(-c2csc(NC(=O)C3CCNCC3)n2)c1. The molecule has 1 aliphatic heterocycles. The van der Waals surface area contributed by atoms with Crippen molar-refractivity contribution in [2.45, 2.75) is 19.8 Å². The van der Waals surface area contributed by atoms with E-state index in [9.17, 15) is 9.59 Å². The van der Waals surface area contributed by atoms with Gasteiger partial charge in [0.25, 0.3) is 0 Å². The van der Waals surface area contributed by atoms with E-state index < -0.39 is 0 Å². The van der Waals surface area contributed by atoms with Crippen LogP contribution in [0, 0.1) is 5.92 Å². The first-order chi connectivity index (χ1) is 11.1. The van der Waals surface area contributed by atoms with Gasteiger partial charge in [-0.25, -0.2) is 4.98 Å². The zero-order valence-corrected chi connectivity index (χ0v) is 13.8. The molecule has 1 aliphatic rings. The Hall–Kier alpha value is -2.05. The normalized spacial score (nSPS) is 15.3. The molecule has 1 fully saturated rings. The molecule has 1 aromatic heterocycles. The van der Waals surface area contributed by atoms with Crippen LogP contribution in [0.2, 0.25) is 0 Å². The minimum absolute atomic E-state index is 0.0292. The van der Waals surface area contributed by atoms with Crippen molar-refractivity contribution >= 4 is 28.2 Å². The molecule has 0 unspecified atom stereocenters. The van der Waals surface area contributed by atoms with Crippen molar-refractivity contribution in [1.82, 2.24) is 10.3 Å². The number of benzene rings is 1. The van der Waals surface area contributed by atoms with Crippen molar-refractivity contribution in [3.05, 3.63) is 35.2 Å². The van der Waals surface area contributed by atoms with Crippen LogP contribution in [0.15, 0.2) is 29.6 Å². The first-order valence-electron chi connectivity index (χ1n) is 7.72. The zero-order valence-electron chi connectivity index (χ0n) is 13.0. The lowest BCUT2D eigenvalue weighted by Gasteiger charge is -2.20. The molecular formula is C17H19N3O2S. The van der Waals surface area contributed by atoms with E-state index in [0.29, 0.717) is 10.7 Å². The Labute approximate surface area is 139 Å². The van der Waals surface area contributed by atoms with Gasteiger partial charge in [-0.3, -0.25) is 9.59 Å². The molecule has 5 nitrogen and oxygen atoms in total. The minimum Gasteiger partial charge on any atom is -0.317 e. The second kappa shape index (κ2) is 7.02. The van der Waals surface area contributed by atoms with Gasteiger partial charge in [-0.05, 0) is 38.9 Å². The maximum absolute atomic E-state index is 12.2. The van der Waals surface area contributed by atoms with Gasteiger partial charge in [-0.1, -0.05) is 18.2 Å². The first kappa shape index (κ1) is 15.8. The summed E-state index contributed by atoms with van der Waals surface area (Å²) in [5, 5.41) is 8.67. The summed E-state index contributed by atoms with van der Waals surface area (Å²) in [7, 11) is 0. The molecule has 120 valence electrons. The van der Waals surface area contributed by atoms with Crippen LogP contribution in [0.25, 0.3) is 11.3 Å². The molecule has 2 aromatic rings. The highest BCUT2D eigenvalue weighted by Crippen LogP contribution is 2.26. The first-order valence-corrected chi connectivity index (χ1v) is 8.60. The van der Waals surface area contributed by atoms with Gasteiger partial charge in [-0.2, -0.15) is 0 Å². The number of carbonyl (C=O) groups excluding carboxylic acids is 2. The maximum atomic E-state index is 12.2. The minimum atomic E-state index is 0.0292. The van der Waals surface area contributed by atoms with Gasteiger partial charge in [0.1, 0.15) is 0 Å². The fraction of sp³-hybridized carbons (Fsp3) is 0.353. The van der Waals surface area contributed by atoms with E-state index in [1.807, 2.05) is 23.6 Å². The number of hydrogen-bond donors (Lipinski definition) is 2. The van der Waals surface area contributed by atoms with Crippen LogP contribution in [0.4, 0.5) is 5.13 Å². The number of thiazole rings is 1. The van der Waals surface area contributed by atoms with Crippen molar-refractivity contribution in [3.63, 3.8) is 0 Å². The van der Waals surface area contributed by atoms with Gasteiger partial charge in [0.05, 0.1) is 5.69 Å². The highest BCUT2D eigenvalue weighted by atomic mass is 32.1. The maximum Gasteiger partial charge on any atom is 0.229 e. The van der Waals surface area contributed by atoms with E-state index in [1.165, 1.54) is 11.3 Å². The lowest BCUT2D eigenvalue weighted by molar-refractivity contribution is -0.120. The zero-order chi connectivity index (χ0) is 16.2. The van der Waals surface area contributed by atoms with E-state index in [-0.39, 0.29) is 17.6 Å². The van der Waals surface area contributed by atoms with Crippen molar-refractivity contribution < 1.29 is 9.59 Å². The molecule has 6 heteroatoms. The molecule has 1 amide bonds. The third-order valence-corrected chi connectivity index (χ3v) is 4.77.